The van der Waals surface area contributed by atoms with E-state index < -0.39 is 0 Å². The minimum absolute atomic E-state index is 0.0114. The van der Waals surface area contributed by atoms with Gasteiger partial charge in [-0.25, -0.2) is 0 Å². The second kappa shape index (κ2) is 8.45. The van der Waals surface area contributed by atoms with Gasteiger partial charge in [-0.05, 0) is 41.5 Å². The lowest BCUT2D eigenvalue weighted by Crippen LogP contribution is -2.51. The van der Waals surface area contributed by atoms with Gasteiger partial charge in [-0.1, -0.05) is 45.0 Å². The van der Waals surface area contributed by atoms with Crippen LogP contribution in [0.2, 0.25) is 0 Å². The molecule has 156 valence electrons. The van der Waals surface area contributed by atoms with Gasteiger partial charge in [0.25, 0.3) is 0 Å². The van der Waals surface area contributed by atoms with Gasteiger partial charge in [0.05, 0.1) is 12.2 Å². The van der Waals surface area contributed by atoms with Crippen LogP contribution in [0.1, 0.15) is 57.6 Å². The molecular formula is C25H34N2O2. The van der Waals surface area contributed by atoms with Crippen molar-refractivity contribution >= 4 is 0 Å². The van der Waals surface area contributed by atoms with Crippen LogP contribution in [0.25, 0.3) is 0 Å². The van der Waals surface area contributed by atoms with Crippen LogP contribution < -0.4 is 4.74 Å². The first-order valence-corrected chi connectivity index (χ1v) is 10.9. The number of nitrogens with zero attached hydrogens (tertiary/aromatic N) is 2. The number of hydrogen-bond acceptors (Lipinski definition) is 4. The number of aromatic nitrogens is 1. The van der Waals surface area contributed by atoms with Crippen LogP contribution in [0, 0.1) is 0 Å². The summed E-state index contributed by atoms with van der Waals surface area (Å²) in [7, 11) is 0. The highest BCUT2D eigenvalue weighted by Gasteiger charge is 2.41. The van der Waals surface area contributed by atoms with Gasteiger partial charge >= 0.3 is 0 Å². The average Bonchev–Trinajstić information content (AvgIpc) is 2.71. The topological polar surface area (TPSA) is 34.6 Å². The summed E-state index contributed by atoms with van der Waals surface area (Å²) < 4.78 is 12.5. The molecule has 0 aliphatic carbocycles. The minimum Gasteiger partial charge on any atom is -0.490 e. The zero-order valence-corrected chi connectivity index (χ0v) is 18.1. The maximum atomic E-state index is 6.31. The van der Waals surface area contributed by atoms with Crippen molar-refractivity contribution in [2.45, 2.75) is 70.1 Å². The Morgan fingerprint density at radius 1 is 1.07 bits per heavy atom. The molecule has 2 aromatic rings. The van der Waals surface area contributed by atoms with E-state index in [1.807, 2.05) is 12.1 Å². The molecule has 29 heavy (non-hydrogen) atoms. The van der Waals surface area contributed by atoms with Crippen LogP contribution in [-0.2, 0) is 16.7 Å². The van der Waals surface area contributed by atoms with Gasteiger partial charge in [-0.3, -0.25) is 9.88 Å². The number of hydrogen-bond donors (Lipinski definition) is 0. The minimum atomic E-state index is -0.0114. The molecular weight excluding hydrogens is 360 g/mol. The monoisotopic (exact) mass is 394 g/mol. The van der Waals surface area contributed by atoms with Crippen LogP contribution in [0.3, 0.4) is 0 Å². The van der Waals surface area contributed by atoms with Crippen LogP contribution in [0.15, 0.2) is 48.8 Å². The van der Waals surface area contributed by atoms with Crippen LogP contribution >= 0.6 is 0 Å². The van der Waals surface area contributed by atoms with Gasteiger partial charge in [0.1, 0.15) is 11.9 Å². The van der Waals surface area contributed by atoms with Crippen molar-refractivity contribution in [1.29, 1.82) is 0 Å². The van der Waals surface area contributed by atoms with Gasteiger partial charge in [-0.15, -0.1) is 0 Å². The highest BCUT2D eigenvalue weighted by molar-refractivity contribution is 5.27. The standard InChI is InChI=1S/C25H34N2O2/c1-24(2,3)21-6-4-20(5-7-21)19-27-15-11-25(12-16-27)18-23(10-17-28-25)29-22-8-13-26-14-9-22/h4-9,13-14,23H,10-12,15-19H2,1-3H3. The van der Waals surface area contributed by atoms with E-state index in [9.17, 15) is 0 Å². The highest BCUT2D eigenvalue weighted by Crippen LogP contribution is 2.36. The molecule has 2 saturated heterocycles. The second-order valence-electron chi connectivity index (χ2n) is 9.67. The van der Waals surface area contributed by atoms with Crippen molar-refractivity contribution in [2.75, 3.05) is 19.7 Å². The Hall–Kier alpha value is -1.91. The Bertz CT molecular complexity index is 775. The molecule has 1 aromatic carbocycles. The van der Waals surface area contributed by atoms with Crippen LogP contribution in [0.5, 0.6) is 5.75 Å². The molecule has 1 spiro atoms. The summed E-state index contributed by atoms with van der Waals surface area (Å²) in [4.78, 5) is 6.63. The molecule has 0 saturated carbocycles. The maximum absolute atomic E-state index is 6.31. The lowest BCUT2D eigenvalue weighted by Gasteiger charge is -2.46. The largest absolute Gasteiger partial charge is 0.490 e. The van der Waals surface area contributed by atoms with Crippen molar-refractivity contribution in [1.82, 2.24) is 9.88 Å². The molecule has 2 aliphatic heterocycles. The molecule has 0 bridgehead atoms. The van der Waals surface area contributed by atoms with E-state index >= 15 is 0 Å². The lowest BCUT2D eigenvalue weighted by atomic mass is 9.83. The molecule has 4 nitrogen and oxygen atoms in total. The summed E-state index contributed by atoms with van der Waals surface area (Å²) >= 11 is 0. The zero-order valence-electron chi connectivity index (χ0n) is 18.1. The van der Waals surface area contributed by atoms with Gasteiger partial charge in [0, 0.05) is 44.9 Å². The summed E-state index contributed by atoms with van der Waals surface area (Å²) in [5, 5.41) is 0. The van der Waals surface area contributed by atoms with Crippen molar-refractivity contribution < 1.29 is 9.47 Å². The van der Waals surface area contributed by atoms with Crippen molar-refractivity contribution in [2.24, 2.45) is 0 Å². The Balaban J connectivity index is 1.30. The Kier molecular flexibility index (Phi) is 5.93. The SMILES string of the molecule is CC(C)(C)c1ccc(CN2CCC3(CC2)CC(Oc2ccncc2)CCO3)cc1. The first-order valence-electron chi connectivity index (χ1n) is 10.9. The van der Waals surface area contributed by atoms with Crippen molar-refractivity contribution in [3.8, 4) is 5.75 Å². The average molecular weight is 395 g/mol. The smallest absolute Gasteiger partial charge is 0.122 e. The Morgan fingerprint density at radius 2 is 1.76 bits per heavy atom. The fraction of sp³-hybridized carbons (Fsp3) is 0.560. The van der Waals surface area contributed by atoms with Crippen molar-refractivity contribution in [3.63, 3.8) is 0 Å². The van der Waals surface area contributed by atoms with E-state index in [2.05, 4.69) is 54.9 Å². The summed E-state index contributed by atoms with van der Waals surface area (Å²) in [5.41, 5.74) is 3.00. The maximum Gasteiger partial charge on any atom is 0.122 e. The number of piperidine rings is 1. The van der Waals surface area contributed by atoms with E-state index in [-0.39, 0.29) is 17.1 Å². The molecule has 4 heteroatoms. The van der Waals surface area contributed by atoms with E-state index in [1.165, 1.54) is 11.1 Å². The Labute approximate surface area is 175 Å². The number of benzene rings is 1. The number of pyridine rings is 1. The molecule has 1 aromatic heterocycles. The zero-order chi connectivity index (χ0) is 20.3. The first kappa shape index (κ1) is 20.4. The van der Waals surface area contributed by atoms with Gasteiger partial charge in [0.15, 0.2) is 0 Å². The van der Waals surface area contributed by atoms with Gasteiger partial charge < -0.3 is 9.47 Å². The molecule has 0 radical (unpaired) electrons. The molecule has 2 fully saturated rings. The fourth-order valence-corrected chi connectivity index (χ4v) is 4.53. The molecule has 1 unspecified atom stereocenters. The molecule has 4 rings (SSSR count). The van der Waals surface area contributed by atoms with E-state index in [4.69, 9.17) is 9.47 Å². The van der Waals surface area contributed by atoms with E-state index in [1.54, 1.807) is 12.4 Å². The predicted molar refractivity (Wildman–Crippen MR) is 116 cm³/mol. The molecule has 1 atom stereocenters. The van der Waals surface area contributed by atoms with E-state index in [0.29, 0.717) is 0 Å². The Morgan fingerprint density at radius 3 is 2.41 bits per heavy atom. The normalized spacial score (nSPS) is 22.5. The highest BCUT2D eigenvalue weighted by atomic mass is 16.5. The second-order valence-corrected chi connectivity index (χ2v) is 9.67. The third-order valence-electron chi connectivity index (χ3n) is 6.39. The molecule has 0 amide bonds. The predicted octanol–water partition coefficient (Wildman–Crippen LogP) is 4.97. The molecule has 2 aliphatic rings. The third kappa shape index (κ3) is 5.18. The number of rotatable bonds is 4. The summed E-state index contributed by atoms with van der Waals surface area (Å²) in [6, 6.07) is 13.0. The van der Waals surface area contributed by atoms with Crippen LogP contribution in [0.4, 0.5) is 0 Å². The van der Waals surface area contributed by atoms with E-state index in [0.717, 1.165) is 57.7 Å². The van der Waals surface area contributed by atoms with Crippen LogP contribution in [-0.4, -0.2) is 41.3 Å². The summed E-state index contributed by atoms with van der Waals surface area (Å²) in [6.45, 7) is 10.8. The molecule has 0 N–H and O–H groups in total. The van der Waals surface area contributed by atoms with Gasteiger partial charge in [0.2, 0.25) is 0 Å². The number of likely N-dealkylation sites (tertiary alicyclic amines) is 1. The fourth-order valence-electron chi connectivity index (χ4n) is 4.53. The number of ether oxygens (including phenoxy) is 2. The first-order chi connectivity index (χ1) is 13.9. The quantitative estimate of drug-likeness (QED) is 0.733. The third-order valence-corrected chi connectivity index (χ3v) is 6.39. The van der Waals surface area contributed by atoms with Gasteiger partial charge in [-0.2, -0.15) is 0 Å². The van der Waals surface area contributed by atoms with Crippen molar-refractivity contribution in [3.05, 3.63) is 59.9 Å². The summed E-state index contributed by atoms with van der Waals surface area (Å²) in [5.74, 6) is 0.915. The summed E-state index contributed by atoms with van der Waals surface area (Å²) in [6.07, 6.45) is 7.94. The lowest BCUT2D eigenvalue weighted by molar-refractivity contribution is -0.139. The molecule has 3 heterocycles.